The van der Waals surface area contributed by atoms with Crippen LogP contribution in [0.3, 0.4) is 0 Å². The van der Waals surface area contributed by atoms with E-state index in [1.165, 1.54) is 0 Å². The summed E-state index contributed by atoms with van der Waals surface area (Å²) >= 11 is 0. The topological polar surface area (TPSA) is 72.3 Å². The Kier molecular flexibility index (Phi) is 5.98. The number of piperidine rings is 1. The van der Waals surface area contributed by atoms with Crippen molar-refractivity contribution in [2.24, 2.45) is 7.05 Å². The van der Waals surface area contributed by atoms with Crippen LogP contribution in [-0.2, 0) is 18.2 Å². The summed E-state index contributed by atoms with van der Waals surface area (Å²) < 4.78 is 7.23. The van der Waals surface area contributed by atoms with Gasteiger partial charge in [-0.25, -0.2) is 9.78 Å². The lowest BCUT2D eigenvalue weighted by molar-refractivity contribution is 0.00998. The summed E-state index contributed by atoms with van der Waals surface area (Å²) in [6.45, 7) is 8.09. The lowest BCUT2D eigenvalue weighted by Crippen LogP contribution is -2.50. The molecule has 0 radical (unpaired) electrons. The second kappa shape index (κ2) is 7.77. The number of nitrogens with one attached hydrogen (secondary N) is 1. The van der Waals surface area contributed by atoms with Gasteiger partial charge < -0.3 is 15.0 Å². The summed E-state index contributed by atoms with van der Waals surface area (Å²) in [5.74, 6) is 0.840. The minimum absolute atomic E-state index is 0.199. The normalized spacial score (nSPS) is 19.0. The average molecular weight is 323 g/mol. The highest BCUT2D eigenvalue weighted by atomic mass is 16.6. The molecule has 2 rings (SSSR count). The smallest absolute Gasteiger partial charge is 0.410 e. The zero-order valence-corrected chi connectivity index (χ0v) is 14.7. The lowest BCUT2D eigenvalue weighted by atomic mass is 10.0. The Morgan fingerprint density at radius 1 is 1.43 bits per heavy atom. The van der Waals surface area contributed by atoms with Crippen LogP contribution in [-0.4, -0.2) is 57.0 Å². The first kappa shape index (κ1) is 17.7. The molecule has 23 heavy (non-hydrogen) atoms. The zero-order chi connectivity index (χ0) is 16.9. The molecule has 130 valence electrons. The molecule has 7 heteroatoms. The second-order valence-electron chi connectivity index (χ2n) is 7.11. The summed E-state index contributed by atoms with van der Waals surface area (Å²) in [6.07, 6.45) is 5.53. The van der Waals surface area contributed by atoms with E-state index in [-0.39, 0.29) is 12.1 Å². The van der Waals surface area contributed by atoms with Gasteiger partial charge in [0.2, 0.25) is 0 Å². The van der Waals surface area contributed by atoms with Crippen molar-refractivity contribution in [1.82, 2.24) is 25.0 Å². The minimum atomic E-state index is -0.447. The third kappa shape index (κ3) is 5.82. The number of hydrogen-bond donors (Lipinski definition) is 1. The largest absolute Gasteiger partial charge is 0.444 e. The Balaban J connectivity index is 1.78. The molecule has 1 fully saturated rings. The van der Waals surface area contributed by atoms with Gasteiger partial charge in [-0.1, -0.05) is 0 Å². The number of amides is 1. The molecule has 1 saturated heterocycles. The maximum Gasteiger partial charge on any atom is 0.410 e. The highest BCUT2D eigenvalue weighted by Crippen LogP contribution is 2.20. The first-order valence-electron chi connectivity index (χ1n) is 8.40. The molecule has 0 spiro atoms. The van der Waals surface area contributed by atoms with E-state index in [2.05, 4.69) is 15.4 Å². The number of aromatic nitrogens is 3. The number of hydrogen-bond acceptors (Lipinski definition) is 5. The second-order valence-corrected chi connectivity index (χ2v) is 7.11. The fourth-order valence-electron chi connectivity index (χ4n) is 2.74. The summed E-state index contributed by atoms with van der Waals surface area (Å²) in [5.41, 5.74) is -0.447. The van der Waals surface area contributed by atoms with Crippen molar-refractivity contribution in [2.45, 2.75) is 58.1 Å². The van der Waals surface area contributed by atoms with Crippen LogP contribution in [0, 0.1) is 0 Å². The molecule has 1 aromatic heterocycles. The fourth-order valence-corrected chi connectivity index (χ4v) is 2.74. The number of carbonyl (C=O) groups is 1. The standard InChI is InChI=1S/C16H29N5O2/c1-16(2,3)23-15(22)21-10-6-5-7-13(21)11-17-9-8-14-18-12-20(4)19-14/h12-13,17H,5-11H2,1-4H3. The molecule has 1 aliphatic heterocycles. The Bertz CT molecular complexity index is 509. The molecule has 1 aromatic rings. The first-order valence-corrected chi connectivity index (χ1v) is 8.40. The van der Waals surface area contributed by atoms with Gasteiger partial charge in [-0.05, 0) is 40.0 Å². The highest BCUT2D eigenvalue weighted by molar-refractivity contribution is 5.68. The van der Waals surface area contributed by atoms with Gasteiger partial charge in [0.15, 0.2) is 5.82 Å². The molecular weight excluding hydrogens is 294 g/mol. The van der Waals surface area contributed by atoms with E-state index in [0.29, 0.717) is 0 Å². The van der Waals surface area contributed by atoms with E-state index >= 15 is 0 Å². The maximum atomic E-state index is 12.3. The molecule has 0 saturated carbocycles. The SMILES string of the molecule is Cn1cnc(CCNCC2CCCCN2C(=O)OC(C)(C)C)n1. The summed E-state index contributed by atoms with van der Waals surface area (Å²) in [5, 5.41) is 7.68. The van der Waals surface area contributed by atoms with Gasteiger partial charge in [0.25, 0.3) is 0 Å². The van der Waals surface area contributed by atoms with Crippen LogP contribution < -0.4 is 5.32 Å². The molecule has 1 N–H and O–H groups in total. The molecule has 1 atom stereocenters. The van der Waals surface area contributed by atoms with Crippen molar-refractivity contribution >= 4 is 6.09 Å². The van der Waals surface area contributed by atoms with Crippen molar-refractivity contribution in [1.29, 1.82) is 0 Å². The Morgan fingerprint density at radius 3 is 2.87 bits per heavy atom. The Morgan fingerprint density at radius 2 is 2.22 bits per heavy atom. The van der Waals surface area contributed by atoms with Gasteiger partial charge in [0, 0.05) is 39.1 Å². The zero-order valence-electron chi connectivity index (χ0n) is 14.7. The van der Waals surface area contributed by atoms with Gasteiger partial charge in [-0.2, -0.15) is 5.10 Å². The monoisotopic (exact) mass is 323 g/mol. The predicted molar refractivity (Wildman–Crippen MR) is 88.2 cm³/mol. The quantitative estimate of drug-likeness (QED) is 0.836. The highest BCUT2D eigenvalue weighted by Gasteiger charge is 2.30. The van der Waals surface area contributed by atoms with Gasteiger partial charge >= 0.3 is 6.09 Å². The van der Waals surface area contributed by atoms with E-state index in [9.17, 15) is 4.79 Å². The van der Waals surface area contributed by atoms with E-state index in [0.717, 1.165) is 51.1 Å². The summed E-state index contributed by atoms with van der Waals surface area (Å²) in [6, 6.07) is 0.204. The minimum Gasteiger partial charge on any atom is -0.444 e. The van der Waals surface area contributed by atoms with Crippen LogP contribution in [0.2, 0.25) is 0 Å². The van der Waals surface area contributed by atoms with Crippen molar-refractivity contribution in [3.8, 4) is 0 Å². The number of likely N-dealkylation sites (tertiary alicyclic amines) is 1. The average Bonchev–Trinajstić information content (AvgIpc) is 2.88. The molecule has 1 unspecified atom stereocenters. The fraction of sp³-hybridized carbons (Fsp3) is 0.812. The number of rotatable bonds is 5. The summed E-state index contributed by atoms with van der Waals surface area (Å²) in [4.78, 5) is 18.4. The molecule has 1 aliphatic rings. The van der Waals surface area contributed by atoms with E-state index in [1.54, 1.807) is 11.0 Å². The van der Waals surface area contributed by atoms with E-state index in [4.69, 9.17) is 4.74 Å². The predicted octanol–water partition coefficient (Wildman–Crippen LogP) is 1.74. The number of carbonyl (C=O) groups excluding carboxylic acids is 1. The van der Waals surface area contributed by atoms with Crippen LogP contribution in [0.15, 0.2) is 6.33 Å². The van der Waals surface area contributed by atoms with Gasteiger partial charge in [0.1, 0.15) is 11.9 Å². The van der Waals surface area contributed by atoms with Crippen molar-refractivity contribution in [2.75, 3.05) is 19.6 Å². The molecule has 0 aliphatic carbocycles. The third-order valence-electron chi connectivity index (χ3n) is 3.81. The third-order valence-corrected chi connectivity index (χ3v) is 3.81. The Labute approximate surface area is 138 Å². The van der Waals surface area contributed by atoms with Crippen LogP contribution in [0.1, 0.15) is 45.9 Å². The molecule has 7 nitrogen and oxygen atoms in total. The molecule has 1 amide bonds. The van der Waals surface area contributed by atoms with Crippen molar-refractivity contribution in [3.63, 3.8) is 0 Å². The Hall–Kier alpha value is -1.63. The van der Waals surface area contributed by atoms with Gasteiger partial charge in [0.05, 0.1) is 0 Å². The molecule has 0 aromatic carbocycles. The maximum absolute atomic E-state index is 12.3. The lowest BCUT2D eigenvalue weighted by Gasteiger charge is -2.36. The first-order chi connectivity index (χ1) is 10.8. The van der Waals surface area contributed by atoms with E-state index < -0.39 is 5.60 Å². The molecule has 0 bridgehead atoms. The van der Waals surface area contributed by atoms with Gasteiger partial charge in [-0.15, -0.1) is 0 Å². The summed E-state index contributed by atoms with van der Waals surface area (Å²) in [7, 11) is 1.87. The molecule has 2 heterocycles. The van der Waals surface area contributed by atoms with Crippen LogP contribution >= 0.6 is 0 Å². The van der Waals surface area contributed by atoms with Crippen molar-refractivity contribution < 1.29 is 9.53 Å². The van der Waals surface area contributed by atoms with Crippen molar-refractivity contribution in [3.05, 3.63) is 12.2 Å². The van der Waals surface area contributed by atoms with Crippen LogP contribution in [0.25, 0.3) is 0 Å². The number of aryl methyl sites for hydroxylation is 1. The van der Waals surface area contributed by atoms with Crippen LogP contribution in [0.5, 0.6) is 0 Å². The number of nitrogens with zero attached hydrogens (tertiary/aromatic N) is 4. The van der Waals surface area contributed by atoms with Gasteiger partial charge in [-0.3, -0.25) is 4.68 Å². The molecular formula is C16H29N5O2. The number of ether oxygens (including phenoxy) is 1. The van der Waals surface area contributed by atoms with Crippen LogP contribution in [0.4, 0.5) is 4.79 Å². The van der Waals surface area contributed by atoms with E-state index in [1.807, 2.05) is 32.7 Å².